The van der Waals surface area contributed by atoms with Gasteiger partial charge in [0.25, 0.3) is 0 Å². The molecule has 1 heteroatoms. The van der Waals surface area contributed by atoms with Crippen molar-refractivity contribution in [3.63, 3.8) is 0 Å². The number of hydrogen-bond donors (Lipinski definition) is 1. The third kappa shape index (κ3) is 3.57. The van der Waals surface area contributed by atoms with Crippen molar-refractivity contribution in [1.29, 1.82) is 0 Å². The van der Waals surface area contributed by atoms with Gasteiger partial charge >= 0.3 is 0 Å². The molecule has 0 radical (unpaired) electrons. The summed E-state index contributed by atoms with van der Waals surface area (Å²) in [6, 6.07) is 11.0. The Hall–Kier alpha value is -0.820. The van der Waals surface area contributed by atoms with E-state index < -0.39 is 0 Å². The number of nitrogens with one attached hydrogen (secondary N) is 1. The summed E-state index contributed by atoms with van der Waals surface area (Å²) >= 11 is 0. The van der Waals surface area contributed by atoms with Crippen LogP contribution in [0.4, 0.5) is 0 Å². The second-order valence-electron chi connectivity index (χ2n) is 5.25. The quantitative estimate of drug-likeness (QED) is 0.751. The Labute approximate surface area is 107 Å². The zero-order valence-electron chi connectivity index (χ0n) is 11.8. The minimum absolute atomic E-state index is 0.297. The first-order valence-corrected chi connectivity index (χ1v) is 6.88. The van der Waals surface area contributed by atoms with Gasteiger partial charge in [0, 0.05) is 12.0 Å². The van der Waals surface area contributed by atoms with E-state index in [-0.39, 0.29) is 0 Å². The minimum atomic E-state index is 0.297. The molecule has 1 rings (SSSR count). The highest BCUT2D eigenvalue weighted by Crippen LogP contribution is 2.35. The molecule has 1 nitrogen and oxygen atoms in total. The molecule has 0 aromatic heterocycles. The maximum atomic E-state index is 3.39. The fourth-order valence-corrected chi connectivity index (χ4v) is 2.71. The molecule has 0 bridgehead atoms. The van der Waals surface area contributed by atoms with E-state index in [0.717, 1.165) is 12.5 Å². The summed E-state index contributed by atoms with van der Waals surface area (Å²) in [5.74, 6) is 0.781. The maximum absolute atomic E-state index is 3.39. The lowest BCUT2D eigenvalue weighted by molar-refractivity contribution is 0.303. The van der Waals surface area contributed by atoms with Crippen molar-refractivity contribution in [3.05, 3.63) is 35.9 Å². The number of benzene rings is 1. The number of likely N-dealkylation sites (N-methyl/N-ethyl adjacent to an activating group) is 1. The van der Waals surface area contributed by atoms with Crippen LogP contribution in [0.5, 0.6) is 0 Å². The zero-order valence-corrected chi connectivity index (χ0v) is 11.8. The van der Waals surface area contributed by atoms with Crippen LogP contribution in [0.25, 0.3) is 0 Å². The molecule has 0 fully saturated rings. The van der Waals surface area contributed by atoms with Gasteiger partial charge < -0.3 is 5.32 Å². The molecular weight excluding hydrogens is 206 g/mol. The molecule has 1 aromatic carbocycles. The predicted molar refractivity (Wildman–Crippen MR) is 76.4 cm³/mol. The molecule has 0 aliphatic rings. The van der Waals surface area contributed by atoms with Crippen LogP contribution in [0, 0.1) is 5.92 Å². The Bertz CT molecular complexity index is 307. The lowest BCUT2D eigenvalue weighted by Gasteiger charge is -2.35. The summed E-state index contributed by atoms with van der Waals surface area (Å²) in [6.45, 7) is 8.03. The molecule has 2 atom stereocenters. The van der Waals surface area contributed by atoms with Crippen molar-refractivity contribution in [1.82, 2.24) is 5.32 Å². The van der Waals surface area contributed by atoms with Crippen LogP contribution < -0.4 is 5.32 Å². The molecule has 0 amide bonds. The lowest BCUT2D eigenvalue weighted by Crippen LogP contribution is -2.37. The minimum Gasteiger partial charge on any atom is -0.319 e. The van der Waals surface area contributed by atoms with E-state index in [4.69, 9.17) is 0 Å². The largest absolute Gasteiger partial charge is 0.319 e. The first-order valence-electron chi connectivity index (χ1n) is 6.88. The van der Waals surface area contributed by atoms with Gasteiger partial charge in [-0.1, -0.05) is 57.5 Å². The van der Waals surface area contributed by atoms with E-state index in [2.05, 4.69) is 63.5 Å². The van der Waals surface area contributed by atoms with Crippen molar-refractivity contribution >= 4 is 0 Å². The molecule has 0 aliphatic heterocycles. The van der Waals surface area contributed by atoms with E-state index in [1.165, 1.54) is 24.8 Å². The van der Waals surface area contributed by atoms with E-state index in [0.29, 0.717) is 5.41 Å². The van der Waals surface area contributed by atoms with Gasteiger partial charge in [0.15, 0.2) is 0 Å². The molecule has 0 spiro atoms. The van der Waals surface area contributed by atoms with Crippen LogP contribution in [0.3, 0.4) is 0 Å². The molecule has 17 heavy (non-hydrogen) atoms. The highest BCUT2D eigenvalue weighted by Gasteiger charge is 2.30. The maximum Gasteiger partial charge on any atom is 0.00775 e. The highest BCUT2D eigenvalue weighted by molar-refractivity contribution is 5.26. The summed E-state index contributed by atoms with van der Waals surface area (Å²) in [4.78, 5) is 0. The molecule has 1 N–H and O–H groups in total. The summed E-state index contributed by atoms with van der Waals surface area (Å²) < 4.78 is 0. The van der Waals surface area contributed by atoms with E-state index in [9.17, 15) is 0 Å². The van der Waals surface area contributed by atoms with Crippen molar-refractivity contribution < 1.29 is 0 Å². The molecule has 0 heterocycles. The Morgan fingerprint density at radius 2 is 1.82 bits per heavy atom. The summed E-state index contributed by atoms with van der Waals surface area (Å²) in [5.41, 5.74) is 1.78. The molecule has 1 aromatic rings. The third-order valence-corrected chi connectivity index (χ3v) is 4.01. The van der Waals surface area contributed by atoms with Crippen LogP contribution in [-0.2, 0) is 5.41 Å². The van der Waals surface area contributed by atoms with Gasteiger partial charge in [-0.25, -0.2) is 0 Å². The van der Waals surface area contributed by atoms with Crippen LogP contribution in [0.1, 0.15) is 45.6 Å². The zero-order chi connectivity index (χ0) is 12.7. The van der Waals surface area contributed by atoms with Crippen LogP contribution in [0.15, 0.2) is 30.3 Å². The third-order valence-electron chi connectivity index (χ3n) is 4.01. The van der Waals surface area contributed by atoms with Gasteiger partial charge in [-0.2, -0.15) is 0 Å². The topological polar surface area (TPSA) is 12.0 Å². The first kappa shape index (κ1) is 14.2. The summed E-state index contributed by atoms with van der Waals surface area (Å²) in [5, 5.41) is 3.39. The van der Waals surface area contributed by atoms with E-state index >= 15 is 0 Å². The average Bonchev–Trinajstić information content (AvgIpc) is 2.39. The van der Waals surface area contributed by atoms with Crippen LogP contribution >= 0.6 is 0 Å². The van der Waals surface area contributed by atoms with Crippen molar-refractivity contribution in [2.24, 2.45) is 5.92 Å². The second kappa shape index (κ2) is 6.80. The van der Waals surface area contributed by atoms with Crippen molar-refractivity contribution in [2.75, 3.05) is 13.6 Å². The van der Waals surface area contributed by atoms with Gasteiger partial charge in [-0.15, -0.1) is 0 Å². The van der Waals surface area contributed by atoms with Crippen molar-refractivity contribution in [2.45, 2.75) is 45.4 Å². The standard InChI is InChI=1S/C16H27N/c1-5-14(3)12-16(6-2,13-17-4)15-10-8-7-9-11-15/h7-11,14,17H,5-6,12-13H2,1-4H3. The number of hydrogen-bond acceptors (Lipinski definition) is 1. The van der Waals surface area contributed by atoms with E-state index in [1.54, 1.807) is 0 Å². The van der Waals surface area contributed by atoms with Gasteiger partial charge in [-0.3, -0.25) is 0 Å². The second-order valence-corrected chi connectivity index (χ2v) is 5.25. The molecule has 0 saturated heterocycles. The fourth-order valence-electron chi connectivity index (χ4n) is 2.71. The molecule has 2 unspecified atom stereocenters. The first-order chi connectivity index (χ1) is 8.18. The number of rotatable bonds is 7. The SMILES string of the molecule is CCC(C)CC(CC)(CNC)c1ccccc1. The summed E-state index contributed by atoms with van der Waals surface area (Å²) in [7, 11) is 2.06. The van der Waals surface area contributed by atoms with Gasteiger partial charge in [0.1, 0.15) is 0 Å². The summed E-state index contributed by atoms with van der Waals surface area (Å²) in [6.07, 6.45) is 3.73. The Balaban J connectivity index is 2.99. The normalized spacial score (nSPS) is 16.5. The lowest BCUT2D eigenvalue weighted by atomic mass is 9.71. The Morgan fingerprint density at radius 3 is 2.29 bits per heavy atom. The predicted octanol–water partition coefficient (Wildman–Crippen LogP) is 3.99. The molecule has 96 valence electrons. The Morgan fingerprint density at radius 1 is 1.18 bits per heavy atom. The molecule has 0 saturated carbocycles. The molecule has 0 aliphatic carbocycles. The van der Waals surface area contributed by atoms with Gasteiger partial charge in [0.2, 0.25) is 0 Å². The average molecular weight is 233 g/mol. The Kier molecular flexibility index (Phi) is 5.70. The highest BCUT2D eigenvalue weighted by atomic mass is 14.8. The fraction of sp³-hybridized carbons (Fsp3) is 0.625. The van der Waals surface area contributed by atoms with Gasteiger partial charge in [-0.05, 0) is 31.4 Å². The van der Waals surface area contributed by atoms with E-state index in [1.807, 2.05) is 0 Å². The van der Waals surface area contributed by atoms with Crippen molar-refractivity contribution in [3.8, 4) is 0 Å². The van der Waals surface area contributed by atoms with Crippen LogP contribution in [0.2, 0.25) is 0 Å². The molecular formula is C16H27N. The van der Waals surface area contributed by atoms with Crippen LogP contribution in [-0.4, -0.2) is 13.6 Å². The van der Waals surface area contributed by atoms with Gasteiger partial charge in [0.05, 0.1) is 0 Å². The monoisotopic (exact) mass is 233 g/mol. The smallest absolute Gasteiger partial charge is 0.00775 e.